The summed E-state index contributed by atoms with van der Waals surface area (Å²) in [5.41, 5.74) is -1.41. The van der Waals surface area contributed by atoms with Crippen LogP contribution in [0.4, 0.5) is 0 Å². The Bertz CT molecular complexity index is 1090. The lowest BCUT2D eigenvalue weighted by Gasteiger charge is -2.58. The maximum absolute atomic E-state index is 13.3. The van der Waals surface area contributed by atoms with Gasteiger partial charge < -0.3 is 18.9 Å². The minimum atomic E-state index is -0.862. The maximum atomic E-state index is 13.3. The van der Waals surface area contributed by atoms with Crippen molar-refractivity contribution in [2.75, 3.05) is 0 Å². The third kappa shape index (κ3) is 4.70. The Balaban J connectivity index is 0.857. The normalized spacial score (nSPS) is 53.1. The second kappa shape index (κ2) is 11.1. The zero-order valence-corrected chi connectivity index (χ0v) is 27.5. The Hall–Kier alpha value is -1.30. The monoisotopic (exact) mass is 632 g/mol. The van der Waals surface area contributed by atoms with Gasteiger partial charge in [-0.2, -0.15) is 0 Å². The smallest absolute Gasteiger partial charge is 0.311 e. The van der Waals surface area contributed by atoms with Gasteiger partial charge >= 0.3 is 11.9 Å². The van der Waals surface area contributed by atoms with Crippen molar-refractivity contribution in [2.24, 2.45) is 47.3 Å². The highest BCUT2D eigenvalue weighted by Crippen LogP contribution is 2.62. The first kappa shape index (κ1) is 31.0. The van der Waals surface area contributed by atoms with E-state index in [1.54, 1.807) is 0 Å². The van der Waals surface area contributed by atoms with Crippen molar-refractivity contribution in [3.05, 3.63) is 0 Å². The predicted octanol–water partition coefficient (Wildman–Crippen LogP) is 6.49. The molecule has 8 aliphatic heterocycles. The van der Waals surface area contributed by atoms with E-state index in [0.29, 0.717) is 11.8 Å². The SMILES string of the molecule is C[C@@H]1CC[C@H]2[C@H](CCCCCCC[C@@H]3C(=O)O[C@@H]4O[C@@]5(C)CC[C@H]6[C@H](C)CC[C@@H]3[C@@]46OO5)C(=O)O[C@@H]3O[C@@]4(C)CC[C@@H]1[C@]32OO4. The van der Waals surface area contributed by atoms with Gasteiger partial charge in [0.1, 0.15) is 0 Å². The first-order valence-corrected chi connectivity index (χ1v) is 18.1. The molecule has 10 rings (SSSR count). The van der Waals surface area contributed by atoms with Gasteiger partial charge in [-0.1, -0.05) is 46.0 Å². The Morgan fingerprint density at radius 1 is 0.556 bits per heavy atom. The molecule has 0 amide bonds. The number of ether oxygens (including phenoxy) is 4. The van der Waals surface area contributed by atoms with Crippen LogP contribution in [0.25, 0.3) is 0 Å². The number of unbranched alkanes of at least 4 members (excludes halogenated alkanes) is 4. The van der Waals surface area contributed by atoms with Gasteiger partial charge in [-0.3, -0.25) is 9.59 Å². The lowest BCUT2D eigenvalue weighted by molar-refractivity contribution is -0.559. The molecule has 14 atom stereocenters. The van der Waals surface area contributed by atoms with E-state index in [-0.39, 0.29) is 47.4 Å². The highest BCUT2D eigenvalue weighted by Gasteiger charge is 2.72. The van der Waals surface area contributed by atoms with E-state index in [0.717, 1.165) is 96.3 Å². The van der Waals surface area contributed by atoms with Crippen LogP contribution >= 0.6 is 0 Å². The highest BCUT2D eigenvalue weighted by atomic mass is 17.3. The molecule has 0 aromatic heterocycles. The van der Waals surface area contributed by atoms with Crippen LogP contribution in [0.3, 0.4) is 0 Å². The zero-order chi connectivity index (χ0) is 31.2. The van der Waals surface area contributed by atoms with Crippen molar-refractivity contribution < 1.29 is 48.1 Å². The fraction of sp³-hybridized carbons (Fsp3) is 0.943. The van der Waals surface area contributed by atoms with Crippen molar-refractivity contribution in [3.8, 4) is 0 Å². The number of fused-ring (bicyclic) bond motifs is 4. The van der Waals surface area contributed by atoms with E-state index in [1.165, 1.54) is 0 Å². The van der Waals surface area contributed by atoms with E-state index in [1.807, 2.05) is 13.8 Å². The van der Waals surface area contributed by atoms with Gasteiger partial charge in [0.15, 0.2) is 11.2 Å². The standard InChI is InChI=1S/C35H52O10/c1-20-12-14-26-22(28(36)38-30-34(26)24(20)16-18-32(3,40-30)42-44-34)10-8-6-5-7-9-11-23-27-15-13-21(2)25-17-19-33(4)41-31(39-29(23)37)35(25,27)45-43-33/h20-27,30-31H,5-19H2,1-4H3/t20-,21-,22+,23+,24+,25+,26+,27+,30-,31-,32-,33-,34-,35-/m1/s1. The number of esters is 2. The van der Waals surface area contributed by atoms with Crippen molar-refractivity contribution in [3.63, 3.8) is 0 Å². The summed E-state index contributed by atoms with van der Waals surface area (Å²) < 4.78 is 24.5. The molecule has 8 heterocycles. The van der Waals surface area contributed by atoms with Gasteiger partial charge in [0.25, 0.3) is 0 Å². The zero-order valence-electron chi connectivity index (χ0n) is 27.5. The van der Waals surface area contributed by atoms with Crippen LogP contribution in [0, 0.1) is 47.3 Å². The third-order valence-electron chi connectivity index (χ3n) is 13.6. The Morgan fingerprint density at radius 2 is 0.978 bits per heavy atom. The molecular weight excluding hydrogens is 580 g/mol. The van der Waals surface area contributed by atoms with E-state index < -0.39 is 35.4 Å². The molecule has 0 N–H and O–H groups in total. The molecular formula is C35H52O10. The quantitative estimate of drug-likeness (QED) is 0.167. The molecule has 8 saturated heterocycles. The van der Waals surface area contributed by atoms with E-state index in [9.17, 15) is 9.59 Å². The summed E-state index contributed by atoms with van der Waals surface area (Å²) in [4.78, 5) is 50.9. The lowest BCUT2D eigenvalue weighted by atomic mass is 9.57. The third-order valence-corrected chi connectivity index (χ3v) is 13.6. The molecule has 45 heavy (non-hydrogen) atoms. The summed E-state index contributed by atoms with van der Waals surface area (Å²) >= 11 is 0. The average molecular weight is 633 g/mol. The van der Waals surface area contributed by atoms with Crippen molar-refractivity contribution in [1.82, 2.24) is 0 Å². The van der Waals surface area contributed by atoms with E-state index in [2.05, 4.69) is 13.8 Å². The molecule has 2 aliphatic carbocycles. The first-order chi connectivity index (χ1) is 21.6. The van der Waals surface area contributed by atoms with Crippen LogP contribution in [0.5, 0.6) is 0 Å². The van der Waals surface area contributed by atoms with Gasteiger partial charge in [0.2, 0.25) is 24.2 Å². The van der Waals surface area contributed by atoms with E-state index in [4.69, 9.17) is 38.5 Å². The summed E-state index contributed by atoms with van der Waals surface area (Å²) in [5, 5.41) is 0. The highest BCUT2D eigenvalue weighted by molar-refractivity contribution is 5.75. The molecule has 10 heteroatoms. The Labute approximate surface area is 266 Å². The number of hydrogen-bond donors (Lipinski definition) is 0. The lowest BCUT2D eigenvalue weighted by Crippen LogP contribution is -2.70. The number of carbonyl (C=O) groups is 2. The summed E-state index contributed by atoms with van der Waals surface area (Å²) in [6, 6.07) is 0. The summed E-state index contributed by atoms with van der Waals surface area (Å²) in [6.07, 6.45) is 12.6. The fourth-order valence-corrected chi connectivity index (χ4v) is 11.1. The maximum Gasteiger partial charge on any atom is 0.311 e. The predicted molar refractivity (Wildman–Crippen MR) is 157 cm³/mol. The first-order valence-electron chi connectivity index (χ1n) is 18.1. The van der Waals surface area contributed by atoms with Crippen LogP contribution < -0.4 is 0 Å². The molecule has 4 bridgehead atoms. The molecule has 2 saturated carbocycles. The van der Waals surface area contributed by atoms with Crippen LogP contribution in [0.15, 0.2) is 0 Å². The number of carbonyl (C=O) groups excluding carboxylic acids is 2. The molecule has 0 aromatic rings. The van der Waals surface area contributed by atoms with Gasteiger partial charge in [-0.05, 0) is 77.0 Å². The Kier molecular flexibility index (Phi) is 7.66. The average Bonchev–Trinajstić information content (AvgIpc) is 3.38. The van der Waals surface area contributed by atoms with E-state index >= 15 is 0 Å². The number of hydrogen-bond acceptors (Lipinski definition) is 10. The second-order valence-electron chi connectivity index (χ2n) is 16.3. The number of rotatable bonds is 8. The summed E-state index contributed by atoms with van der Waals surface area (Å²) in [5.74, 6) is -0.862. The molecule has 10 aliphatic rings. The van der Waals surface area contributed by atoms with Crippen molar-refractivity contribution >= 4 is 11.9 Å². The molecule has 0 unspecified atom stereocenters. The van der Waals surface area contributed by atoms with Gasteiger partial charge in [-0.25, -0.2) is 19.6 Å². The van der Waals surface area contributed by atoms with Crippen LogP contribution in [-0.2, 0) is 48.1 Å². The van der Waals surface area contributed by atoms with Crippen molar-refractivity contribution in [2.45, 2.75) is 159 Å². The molecule has 10 nitrogen and oxygen atoms in total. The minimum absolute atomic E-state index is 0.0481. The van der Waals surface area contributed by atoms with Gasteiger partial charge in [0, 0.05) is 36.5 Å². The largest absolute Gasteiger partial charge is 0.432 e. The van der Waals surface area contributed by atoms with Crippen LogP contribution in [0.1, 0.15) is 124 Å². The van der Waals surface area contributed by atoms with Crippen molar-refractivity contribution in [1.29, 1.82) is 0 Å². The fourth-order valence-electron chi connectivity index (χ4n) is 11.1. The second-order valence-corrected chi connectivity index (χ2v) is 16.3. The van der Waals surface area contributed by atoms with Crippen LogP contribution in [-0.4, -0.2) is 47.3 Å². The molecule has 10 fully saturated rings. The summed E-state index contributed by atoms with van der Waals surface area (Å²) in [6.45, 7) is 8.34. The minimum Gasteiger partial charge on any atom is -0.432 e. The molecule has 0 aromatic carbocycles. The topological polar surface area (TPSA) is 108 Å². The molecule has 2 spiro atoms. The Morgan fingerprint density at radius 3 is 1.42 bits per heavy atom. The van der Waals surface area contributed by atoms with Gasteiger partial charge in [-0.15, -0.1) is 0 Å². The van der Waals surface area contributed by atoms with Gasteiger partial charge in [0.05, 0.1) is 11.8 Å². The molecule has 252 valence electrons. The summed E-state index contributed by atoms with van der Waals surface area (Å²) in [7, 11) is 0. The van der Waals surface area contributed by atoms with Crippen LogP contribution in [0.2, 0.25) is 0 Å². The molecule has 0 radical (unpaired) electrons.